The third-order valence-electron chi connectivity index (χ3n) is 5.05. The van der Waals surface area contributed by atoms with E-state index in [4.69, 9.17) is 4.74 Å². The number of hydrazone groups is 1. The zero-order valence-electron chi connectivity index (χ0n) is 19.7. The Bertz CT molecular complexity index is 1270. The fraction of sp³-hybridized carbons (Fsp3) is 0.185. The van der Waals surface area contributed by atoms with E-state index in [1.54, 1.807) is 6.21 Å². The third kappa shape index (κ3) is 6.58. The van der Waals surface area contributed by atoms with Crippen molar-refractivity contribution in [2.45, 2.75) is 25.4 Å². The van der Waals surface area contributed by atoms with Gasteiger partial charge in [0.1, 0.15) is 5.75 Å². The summed E-state index contributed by atoms with van der Waals surface area (Å²) in [5.74, 6) is 1.47. The van der Waals surface area contributed by atoms with Crippen molar-refractivity contribution in [3.05, 3.63) is 90.0 Å². The zero-order valence-corrected chi connectivity index (χ0v) is 20.5. The summed E-state index contributed by atoms with van der Waals surface area (Å²) in [4.78, 5) is 12.4. The number of carbonyl (C=O) groups is 1. The molecule has 1 aromatic heterocycles. The lowest BCUT2D eigenvalue weighted by atomic mass is 10.2. The van der Waals surface area contributed by atoms with Crippen molar-refractivity contribution < 1.29 is 9.53 Å². The molecule has 0 aliphatic heterocycles. The second-order valence-electron chi connectivity index (χ2n) is 7.84. The number of benzene rings is 3. The van der Waals surface area contributed by atoms with Crippen LogP contribution < -0.4 is 10.2 Å². The van der Waals surface area contributed by atoms with Gasteiger partial charge in [0.25, 0.3) is 5.91 Å². The van der Waals surface area contributed by atoms with E-state index < -0.39 is 0 Å². The molecule has 4 rings (SSSR count). The Morgan fingerprint density at radius 1 is 1.03 bits per heavy atom. The number of nitrogens with one attached hydrogen (secondary N) is 1. The predicted octanol–water partition coefficient (Wildman–Crippen LogP) is 5.27. The van der Waals surface area contributed by atoms with Gasteiger partial charge in [-0.3, -0.25) is 9.36 Å². The van der Waals surface area contributed by atoms with Crippen LogP contribution in [0.5, 0.6) is 5.75 Å². The van der Waals surface area contributed by atoms with Crippen LogP contribution >= 0.6 is 11.8 Å². The molecule has 1 N–H and O–H groups in total. The normalized spacial score (nSPS) is 11.0. The topological polar surface area (TPSA) is 81.4 Å². The van der Waals surface area contributed by atoms with Gasteiger partial charge in [0.15, 0.2) is 11.0 Å². The Morgan fingerprint density at radius 2 is 1.77 bits per heavy atom. The zero-order chi connectivity index (χ0) is 24.5. The maximum absolute atomic E-state index is 12.4. The molecule has 1 amide bonds. The van der Waals surface area contributed by atoms with E-state index in [1.165, 1.54) is 11.8 Å². The lowest BCUT2D eigenvalue weighted by Crippen LogP contribution is -2.20. The highest BCUT2D eigenvalue weighted by Gasteiger charge is 2.17. The van der Waals surface area contributed by atoms with Crippen molar-refractivity contribution in [1.29, 1.82) is 0 Å². The highest BCUT2D eigenvalue weighted by molar-refractivity contribution is 7.99. The van der Waals surface area contributed by atoms with Crippen LogP contribution in [-0.4, -0.2) is 39.2 Å². The second kappa shape index (κ2) is 12.0. The molecule has 3 aromatic carbocycles. The maximum Gasteiger partial charge on any atom is 0.250 e. The molecule has 1 heterocycles. The minimum absolute atomic E-state index is 0.153. The molecule has 0 fully saturated rings. The van der Waals surface area contributed by atoms with Crippen LogP contribution in [0.1, 0.15) is 24.5 Å². The Hall–Kier alpha value is -3.91. The van der Waals surface area contributed by atoms with E-state index in [2.05, 4.69) is 27.6 Å². The van der Waals surface area contributed by atoms with E-state index in [0.717, 1.165) is 40.4 Å². The summed E-state index contributed by atoms with van der Waals surface area (Å²) in [6.07, 6.45) is 2.57. The molecule has 35 heavy (non-hydrogen) atoms. The first-order chi connectivity index (χ1) is 17.1. The molecule has 8 heteroatoms. The molecule has 0 unspecified atom stereocenters. The summed E-state index contributed by atoms with van der Waals surface area (Å²) in [5.41, 5.74) is 6.50. The van der Waals surface area contributed by atoms with Crippen LogP contribution in [0.2, 0.25) is 0 Å². The van der Waals surface area contributed by atoms with Crippen molar-refractivity contribution in [1.82, 2.24) is 20.2 Å². The second-order valence-corrected chi connectivity index (χ2v) is 8.79. The summed E-state index contributed by atoms with van der Waals surface area (Å²) < 4.78 is 7.54. The molecular weight excluding hydrogens is 458 g/mol. The molecule has 178 valence electrons. The minimum Gasteiger partial charge on any atom is -0.494 e. The number of ether oxygens (including phenoxy) is 1. The number of thioether (sulfide) groups is 1. The van der Waals surface area contributed by atoms with Gasteiger partial charge in [0.2, 0.25) is 0 Å². The van der Waals surface area contributed by atoms with Gasteiger partial charge in [0.05, 0.1) is 18.6 Å². The molecule has 0 aliphatic carbocycles. The van der Waals surface area contributed by atoms with Crippen molar-refractivity contribution in [2.75, 3.05) is 12.4 Å². The van der Waals surface area contributed by atoms with Crippen LogP contribution in [0.4, 0.5) is 0 Å². The number of aromatic nitrogens is 3. The van der Waals surface area contributed by atoms with Crippen LogP contribution in [0.3, 0.4) is 0 Å². The molecular formula is C27H27N5O2S. The van der Waals surface area contributed by atoms with E-state index in [-0.39, 0.29) is 11.7 Å². The Morgan fingerprint density at radius 3 is 2.49 bits per heavy atom. The monoisotopic (exact) mass is 485 g/mol. The quantitative estimate of drug-likeness (QED) is 0.188. The minimum atomic E-state index is -0.228. The van der Waals surface area contributed by atoms with Gasteiger partial charge in [0, 0.05) is 11.3 Å². The summed E-state index contributed by atoms with van der Waals surface area (Å²) in [6, 6.07) is 25.6. The van der Waals surface area contributed by atoms with Gasteiger partial charge in [-0.15, -0.1) is 10.2 Å². The molecule has 4 aromatic rings. The highest BCUT2D eigenvalue weighted by Crippen LogP contribution is 2.28. The summed E-state index contributed by atoms with van der Waals surface area (Å²) in [7, 11) is 0. The standard InChI is InChI=1S/C27H27N5O2S/c1-3-17-34-24-15-11-21(12-16-24)18-28-29-25(33)19-35-27-31-30-26(22-7-5-4-6-8-22)32(27)23-13-9-20(2)10-14-23/h4-16,18H,3,17,19H2,1-2H3,(H,29,33). The molecule has 0 spiro atoms. The number of nitrogens with zero attached hydrogens (tertiary/aromatic N) is 4. The van der Waals surface area contributed by atoms with Gasteiger partial charge in [-0.2, -0.15) is 5.10 Å². The molecule has 0 saturated heterocycles. The first-order valence-corrected chi connectivity index (χ1v) is 12.4. The molecule has 0 atom stereocenters. The lowest BCUT2D eigenvalue weighted by molar-refractivity contribution is -0.118. The Labute approximate surface area is 209 Å². The highest BCUT2D eigenvalue weighted by atomic mass is 32.2. The molecule has 0 aliphatic rings. The summed E-state index contributed by atoms with van der Waals surface area (Å²) in [5, 5.41) is 13.5. The first kappa shape index (κ1) is 24.2. The molecule has 7 nitrogen and oxygen atoms in total. The number of hydrogen-bond acceptors (Lipinski definition) is 6. The number of hydrogen-bond donors (Lipinski definition) is 1. The van der Waals surface area contributed by atoms with Crippen LogP contribution in [0, 0.1) is 6.92 Å². The van der Waals surface area contributed by atoms with Crippen LogP contribution in [0.15, 0.2) is 89.1 Å². The van der Waals surface area contributed by atoms with Crippen LogP contribution in [-0.2, 0) is 4.79 Å². The van der Waals surface area contributed by atoms with E-state index >= 15 is 0 Å². The van der Waals surface area contributed by atoms with Gasteiger partial charge in [-0.05, 0) is 55.3 Å². The third-order valence-corrected chi connectivity index (χ3v) is 5.97. The number of amides is 1. The van der Waals surface area contributed by atoms with Crippen molar-refractivity contribution >= 4 is 23.9 Å². The maximum atomic E-state index is 12.4. The summed E-state index contributed by atoms with van der Waals surface area (Å²) in [6.45, 7) is 4.80. The first-order valence-electron chi connectivity index (χ1n) is 11.4. The largest absolute Gasteiger partial charge is 0.494 e. The van der Waals surface area contributed by atoms with E-state index in [0.29, 0.717) is 11.8 Å². The van der Waals surface area contributed by atoms with Crippen molar-refractivity contribution in [2.24, 2.45) is 5.10 Å². The lowest BCUT2D eigenvalue weighted by Gasteiger charge is -2.10. The smallest absolute Gasteiger partial charge is 0.250 e. The Balaban J connectivity index is 1.42. The number of rotatable bonds is 10. The van der Waals surface area contributed by atoms with E-state index in [1.807, 2.05) is 90.4 Å². The van der Waals surface area contributed by atoms with Gasteiger partial charge in [-0.25, -0.2) is 5.43 Å². The van der Waals surface area contributed by atoms with Gasteiger partial charge < -0.3 is 4.74 Å². The van der Waals surface area contributed by atoms with Gasteiger partial charge >= 0.3 is 0 Å². The van der Waals surface area contributed by atoms with E-state index in [9.17, 15) is 4.79 Å². The Kier molecular flexibility index (Phi) is 8.30. The fourth-order valence-electron chi connectivity index (χ4n) is 3.28. The van der Waals surface area contributed by atoms with Gasteiger partial charge in [-0.1, -0.05) is 66.7 Å². The molecule has 0 bridgehead atoms. The predicted molar refractivity (Wildman–Crippen MR) is 140 cm³/mol. The summed E-state index contributed by atoms with van der Waals surface area (Å²) >= 11 is 1.31. The molecule has 0 radical (unpaired) electrons. The number of carbonyl (C=O) groups excluding carboxylic acids is 1. The van der Waals surface area contributed by atoms with Crippen molar-refractivity contribution in [3.8, 4) is 22.8 Å². The van der Waals surface area contributed by atoms with Crippen LogP contribution in [0.25, 0.3) is 17.1 Å². The molecule has 0 saturated carbocycles. The SMILES string of the molecule is CCCOc1ccc(C=NNC(=O)CSc2nnc(-c3ccccc3)n2-c2ccc(C)cc2)cc1. The fourth-order valence-corrected chi connectivity index (χ4v) is 4.02. The average molecular weight is 486 g/mol. The number of aryl methyl sites for hydroxylation is 1. The van der Waals surface area contributed by atoms with Crippen molar-refractivity contribution in [3.63, 3.8) is 0 Å². The average Bonchev–Trinajstić information content (AvgIpc) is 3.32.